The topological polar surface area (TPSA) is 117 Å². The quantitative estimate of drug-likeness (QED) is 0.496. The molecular formula is C30H37N5O5. The number of carbonyl (C=O) groups excluding carboxylic acids is 3. The number of piperidine rings is 1. The molecule has 10 heteroatoms. The lowest BCUT2D eigenvalue weighted by atomic mass is 9.92. The number of alkyl carbamates (subject to hydrolysis) is 1. The van der Waals surface area contributed by atoms with Crippen molar-refractivity contribution in [2.24, 2.45) is 0 Å². The van der Waals surface area contributed by atoms with Gasteiger partial charge in [0.1, 0.15) is 18.2 Å². The smallest absolute Gasteiger partial charge is 0.410 e. The molecule has 0 spiro atoms. The zero-order valence-corrected chi connectivity index (χ0v) is 23.3. The minimum atomic E-state index is -0.722. The Bertz CT molecular complexity index is 1360. The second-order valence-corrected chi connectivity index (χ2v) is 11.5. The van der Waals surface area contributed by atoms with E-state index in [1.54, 1.807) is 11.1 Å². The molecular weight excluding hydrogens is 510 g/mol. The van der Waals surface area contributed by atoms with Crippen molar-refractivity contribution in [3.05, 3.63) is 65.4 Å². The summed E-state index contributed by atoms with van der Waals surface area (Å²) < 4.78 is 11.0. The van der Waals surface area contributed by atoms with Gasteiger partial charge in [0.05, 0.1) is 11.7 Å². The highest BCUT2D eigenvalue weighted by Crippen LogP contribution is 2.30. The van der Waals surface area contributed by atoms with E-state index in [1.807, 2.05) is 62.1 Å². The summed E-state index contributed by atoms with van der Waals surface area (Å²) in [4.78, 5) is 43.0. The number of aryl methyl sites for hydroxylation is 1. The second kappa shape index (κ2) is 11.6. The summed E-state index contributed by atoms with van der Waals surface area (Å²) in [5.74, 6) is -0.140. The van der Waals surface area contributed by atoms with Crippen LogP contribution in [0.3, 0.4) is 0 Å². The van der Waals surface area contributed by atoms with E-state index >= 15 is 0 Å². The van der Waals surface area contributed by atoms with Crippen molar-refractivity contribution >= 4 is 29.0 Å². The van der Waals surface area contributed by atoms with Gasteiger partial charge in [0.25, 0.3) is 0 Å². The highest BCUT2D eigenvalue weighted by Gasteiger charge is 2.36. The van der Waals surface area contributed by atoms with E-state index in [0.717, 1.165) is 27.6 Å². The molecule has 212 valence electrons. The van der Waals surface area contributed by atoms with Crippen LogP contribution in [0.15, 0.2) is 48.7 Å². The first-order valence-corrected chi connectivity index (χ1v) is 13.9. The summed E-state index contributed by atoms with van der Waals surface area (Å²) in [6, 6.07) is 12.7. The van der Waals surface area contributed by atoms with Gasteiger partial charge in [-0.3, -0.25) is 9.89 Å². The average Bonchev–Trinajstić information content (AvgIpc) is 3.41. The Morgan fingerprint density at radius 1 is 1.07 bits per heavy atom. The fraction of sp³-hybridized carbons (Fsp3) is 0.467. The van der Waals surface area contributed by atoms with E-state index in [1.165, 1.54) is 0 Å². The maximum atomic E-state index is 14.0. The number of aromatic nitrogens is 2. The van der Waals surface area contributed by atoms with Crippen LogP contribution in [0.5, 0.6) is 0 Å². The number of hydrogen-bond donors (Lipinski definition) is 2. The molecule has 2 aromatic carbocycles. The summed E-state index contributed by atoms with van der Waals surface area (Å²) in [6.07, 6.45) is 3.17. The van der Waals surface area contributed by atoms with E-state index in [2.05, 4.69) is 21.6 Å². The van der Waals surface area contributed by atoms with Crippen LogP contribution in [-0.2, 0) is 33.8 Å². The maximum Gasteiger partial charge on any atom is 0.410 e. The number of benzene rings is 2. The van der Waals surface area contributed by atoms with Crippen molar-refractivity contribution in [2.75, 3.05) is 13.1 Å². The first-order valence-electron chi connectivity index (χ1n) is 13.9. The fourth-order valence-electron chi connectivity index (χ4n) is 5.45. The second-order valence-electron chi connectivity index (χ2n) is 11.5. The van der Waals surface area contributed by atoms with Crippen molar-refractivity contribution in [3.8, 4) is 0 Å². The summed E-state index contributed by atoms with van der Waals surface area (Å²) in [7, 11) is 0. The third-order valence-electron chi connectivity index (χ3n) is 7.51. The number of likely N-dealkylation sites (tertiary alicyclic amines) is 1. The predicted octanol–water partition coefficient (Wildman–Crippen LogP) is 4.53. The van der Waals surface area contributed by atoms with Gasteiger partial charge in [-0.05, 0) is 69.2 Å². The Labute approximate surface area is 234 Å². The number of aromatic amines is 1. The van der Waals surface area contributed by atoms with Gasteiger partial charge in [0.2, 0.25) is 5.91 Å². The molecule has 0 bridgehead atoms. The molecule has 0 radical (unpaired) electrons. The van der Waals surface area contributed by atoms with Gasteiger partial charge < -0.3 is 24.6 Å². The molecule has 2 N–H and O–H groups in total. The average molecular weight is 548 g/mol. The molecule has 1 fully saturated rings. The first-order chi connectivity index (χ1) is 19.2. The number of nitrogens with one attached hydrogen (secondary N) is 2. The lowest BCUT2D eigenvalue weighted by Crippen LogP contribution is -2.55. The number of rotatable bonds is 4. The maximum absolute atomic E-state index is 14.0. The molecule has 0 aliphatic carbocycles. The minimum Gasteiger partial charge on any atom is -0.445 e. The number of amides is 3. The van der Waals surface area contributed by atoms with E-state index in [9.17, 15) is 14.4 Å². The van der Waals surface area contributed by atoms with Crippen LogP contribution in [-0.4, -0.2) is 68.9 Å². The van der Waals surface area contributed by atoms with Crippen molar-refractivity contribution in [1.29, 1.82) is 0 Å². The van der Waals surface area contributed by atoms with Gasteiger partial charge in [-0.15, -0.1) is 0 Å². The highest BCUT2D eigenvalue weighted by atomic mass is 16.6. The minimum absolute atomic E-state index is 0.0936. The molecule has 40 heavy (non-hydrogen) atoms. The molecule has 1 aromatic heterocycles. The van der Waals surface area contributed by atoms with Crippen LogP contribution >= 0.6 is 0 Å². The van der Waals surface area contributed by atoms with E-state index in [-0.39, 0.29) is 24.6 Å². The SMILES string of the molecule is CC(C)(C)OC(=O)N1CCC(N2Cc3c(ccc4[nH]ncc34)CC[C@@H](NC(=O)OCc3ccccc3)C2=O)CC1. The number of hydrogen-bond acceptors (Lipinski definition) is 6. The zero-order chi connectivity index (χ0) is 28.3. The van der Waals surface area contributed by atoms with Gasteiger partial charge in [0, 0.05) is 31.1 Å². The van der Waals surface area contributed by atoms with Gasteiger partial charge >= 0.3 is 12.2 Å². The normalized spacial score (nSPS) is 18.6. The third kappa shape index (κ3) is 6.38. The van der Waals surface area contributed by atoms with Gasteiger partial charge in [0.15, 0.2) is 0 Å². The summed E-state index contributed by atoms with van der Waals surface area (Å²) in [5, 5.41) is 11.1. The Kier molecular flexibility index (Phi) is 7.95. The van der Waals surface area contributed by atoms with E-state index < -0.39 is 17.7 Å². The predicted molar refractivity (Wildman–Crippen MR) is 149 cm³/mol. The lowest BCUT2D eigenvalue weighted by Gasteiger charge is -2.41. The fourth-order valence-corrected chi connectivity index (χ4v) is 5.45. The van der Waals surface area contributed by atoms with Crippen molar-refractivity contribution in [1.82, 2.24) is 25.3 Å². The Morgan fingerprint density at radius 3 is 2.55 bits per heavy atom. The summed E-state index contributed by atoms with van der Waals surface area (Å²) in [6.45, 7) is 7.06. The molecule has 3 heterocycles. The summed E-state index contributed by atoms with van der Waals surface area (Å²) >= 11 is 0. The first kappa shape index (κ1) is 27.5. The zero-order valence-electron chi connectivity index (χ0n) is 23.3. The number of carbonyl (C=O) groups is 3. The van der Waals surface area contributed by atoms with Crippen LogP contribution in [0.25, 0.3) is 10.9 Å². The monoisotopic (exact) mass is 547 g/mol. The van der Waals surface area contributed by atoms with Crippen molar-refractivity contribution < 1.29 is 23.9 Å². The molecule has 0 unspecified atom stereocenters. The number of H-pyrrole nitrogens is 1. The Morgan fingerprint density at radius 2 is 1.82 bits per heavy atom. The molecule has 3 aromatic rings. The van der Waals surface area contributed by atoms with Crippen molar-refractivity contribution in [2.45, 2.75) is 77.3 Å². The van der Waals surface area contributed by atoms with E-state index in [4.69, 9.17) is 9.47 Å². The molecule has 3 amide bonds. The van der Waals surface area contributed by atoms with Gasteiger partial charge in [-0.25, -0.2) is 9.59 Å². The standard InChI is InChI=1S/C30H37N5O5/c1-30(2,3)40-29(38)34-15-13-22(14-16-34)35-18-24-21(9-11-25-23(24)17-31-33-25)10-12-26(27(35)36)32-28(37)39-19-20-7-5-4-6-8-20/h4-9,11,17,22,26H,10,12-16,18-19H2,1-3H3,(H,31,33)(H,32,37)/t26-/m1/s1. The molecule has 1 saturated heterocycles. The summed E-state index contributed by atoms with van der Waals surface area (Å²) in [5.41, 5.74) is 3.42. The van der Waals surface area contributed by atoms with Crippen molar-refractivity contribution in [3.63, 3.8) is 0 Å². The molecule has 5 rings (SSSR count). The largest absolute Gasteiger partial charge is 0.445 e. The third-order valence-corrected chi connectivity index (χ3v) is 7.51. The molecule has 0 saturated carbocycles. The molecule has 1 atom stereocenters. The van der Waals surface area contributed by atoms with E-state index in [0.29, 0.717) is 45.3 Å². The Hall–Kier alpha value is -4.08. The molecule has 10 nitrogen and oxygen atoms in total. The number of fused-ring (bicyclic) bond motifs is 3. The number of nitrogens with zero attached hydrogens (tertiary/aromatic N) is 3. The van der Waals surface area contributed by atoms with Crippen LogP contribution in [0.4, 0.5) is 9.59 Å². The van der Waals surface area contributed by atoms with Crippen LogP contribution in [0.2, 0.25) is 0 Å². The number of ether oxygens (including phenoxy) is 2. The van der Waals surface area contributed by atoms with Crippen LogP contribution in [0, 0.1) is 0 Å². The van der Waals surface area contributed by atoms with Gasteiger partial charge in [-0.1, -0.05) is 36.4 Å². The van der Waals surface area contributed by atoms with Crippen LogP contribution in [0.1, 0.15) is 56.7 Å². The highest BCUT2D eigenvalue weighted by molar-refractivity contribution is 5.88. The Balaban J connectivity index is 1.34. The molecule has 2 aliphatic heterocycles. The van der Waals surface area contributed by atoms with Gasteiger partial charge in [-0.2, -0.15) is 5.10 Å². The van der Waals surface area contributed by atoms with Crippen LogP contribution < -0.4 is 5.32 Å². The molecule has 2 aliphatic rings. The lowest BCUT2D eigenvalue weighted by molar-refractivity contribution is -0.137.